The Morgan fingerprint density at radius 1 is 1.53 bits per heavy atom. The van der Waals surface area contributed by atoms with Gasteiger partial charge in [0.1, 0.15) is 0 Å². The Labute approximate surface area is 107 Å². The number of hydrogen-bond acceptors (Lipinski definition) is 4. The van der Waals surface area contributed by atoms with Crippen LogP contribution >= 0.6 is 12.2 Å². The summed E-state index contributed by atoms with van der Waals surface area (Å²) in [6, 6.07) is -0.183. The summed E-state index contributed by atoms with van der Waals surface area (Å²) in [5.41, 5.74) is 5.41. The van der Waals surface area contributed by atoms with Gasteiger partial charge in [0.2, 0.25) is 11.8 Å². The molecule has 0 aromatic rings. The summed E-state index contributed by atoms with van der Waals surface area (Å²) in [7, 11) is 0. The van der Waals surface area contributed by atoms with E-state index in [-0.39, 0.29) is 17.9 Å². The molecule has 96 valence electrons. The number of unbranched alkanes of at least 4 members (excludes halogenated alkanes) is 1. The van der Waals surface area contributed by atoms with Crippen LogP contribution in [-0.2, 0) is 9.59 Å². The Hall–Kier alpha value is -1.01. The fraction of sp³-hybridized carbons (Fsp3) is 0.727. The number of amides is 2. The number of rotatable bonds is 6. The Morgan fingerprint density at radius 3 is 2.82 bits per heavy atom. The minimum absolute atomic E-state index is 0.182. The van der Waals surface area contributed by atoms with Crippen molar-refractivity contribution in [3.8, 4) is 0 Å². The molecule has 1 aliphatic rings. The molecule has 1 atom stereocenters. The zero-order valence-corrected chi connectivity index (χ0v) is 10.9. The Morgan fingerprint density at radius 2 is 2.24 bits per heavy atom. The normalized spacial score (nSPS) is 21.4. The van der Waals surface area contributed by atoms with Crippen molar-refractivity contribution in [3.05, 3.63) is 0 Å². The minimum Gasteiger partial charge on any atom is -0.393 e. The van der Waals surface area contributed by atoms with Gasteiger partial charge in [-0.2, -0.15) is 0 Å². The summed E-state index contributed by atoms with van der Waals surface area (Å²) in [5, 5.41) is 2.36. The van der Waals surface area contributed by atoms with E-state index in [1.165, 1.54) is 0 Å². The molecule has 17 heavy (non-hydrogen) atoms. The SMILES string of the molecule is CCC1C(=O)NC(=O)CN1CCCCC(N)=S. The van der Waals surface area contributed by atoms with Crippen molar-refractivity contribution in [2.24, 2.45) is 5.73 Å². The van der Waals surface area contributed by atoms with Crippen LogP contribution in [0.2, 0.25) is 0 Å². The highest BCUT2D eigenvalue weighted by atomic mass is 32.1. The molecule has 1 fully saturated rings. The summed E-state index contributed by atoms with van der Waals surface area (Å²) in [6.45, 7) is 2.99. The standard InChI is InChI=1S/C11H19N3O2S/c1-2-8-11(16)13-10(15)7-14(8)6-4-3-5-9(12)17/h8H,2-7H2,1H3,(H2,12,17)(H,13,15,16). The van der Waals surface area contributed by atoms with Gasteiger partial charge < -0.3 is 5.73 Å². The van der Waals surface area contributed by atoms with Crippen LogP contribution in [0, 0.1) is 0 Å². The smallest absolute Gasteiger partial charge is 0.243 e. The van der Waals surface area contributed by atoms with E-state index in [1.807, 2.05) is 11.8 Å². The second-order valence-corrected chi connectivity index (χ2v) is 4.75. The fourth-order valence-corrected chi connectivity index (χ4v) is 2.16. The summed E-state index contributed by atoms with van der Waals surface area (Å²) in [5.74, 6) is -0.396. The third-order valence-electron chi connectivity index (χ3n) is 2.86. The van der Waals surface area contributed by atoms with Crippen LogP contribution in [0.1, 0.15) is 32.6 Å². The molecule has 1 saturated heterocycles. The molecule has 1 heterocycles. The van der Waals surface area contributed by atoms with Crippen molar-refractivity contribution in [1.29, 1.82) is 0 Å². The number of nitrogens with zero attached hydrogens (tertiary/aromatic N) is 1. The Balaban J connectivity index is 2.40. The predicted molar refractivity (Wildman–Crippen MR) is 69.4 cm³/mol. The molecule has 1 rings (SSSR count). The minimum atomic E-state index is -0.214. The molecular weight excluding hydrogens is 238 g/mol. The van der Waals surface area contributed by atoms with E-state index in [0.29, 0.717) is 18.0 Å². The van der Waals surface area contributed by atoms with Crippen LogP contribution in [0.5, 0.6) is 0 Å². The van der Waals surface area contributed by atoms with Crippen molar-refractivity contribution in [2.75, 3.05) is 13.1 Å². The summed E-state index contributed by atoms with van der Waals surface area (Å²) in [6.07, 6.45) is 3.24. The highest BCUT2D eigenvalue weighted by Crippen LogP contribution is 2.10. The molecule has 0 saturated carbocycles. The molecule has 0 radical (unpaired) electrons. The number of piperazine rings is 1. The first-order valence-corrected chi connectivity index (χ1v) is 6.31. The molecule has 3 N–H and O–H groups in total. The van der Waals surface area contributed by atoms with E-state index in [1.54, 1.807) is 0 Å². The summed E-state index contributed by atoms with van der Waals surface area (Å²) < 4.78 is 0. The van der Waals surface area contributed by atoms with Crippen LogP contribution in [0.3, 0.4) is 0 Å². The molecule has 0 aliphatic carbocycles. The molecule has 0 aromatic carbocycles. The molecule has 2 amide bonds. The number of imide groups is 1. The summed E-state index contributed by atoms with van der Waals surface area (Å²) in [4.78, 5) is 25.3. The fourth-order valence-electron chi connectivity index (χ4n) is 2.01. The summed E-state index contributed by atoms with van der Waals surface area (Å²) >= 11 is 4.79. The zero-order valence-electron chi connectivity index (χ0n) is 10.1. The van der Waals surface area contributed by atoms with Crippen molar-refractivity contribution in [1.82, 2.24) is 10.2 Å². The zero-order chi connectivity index (χ0) is 12.8. The van der Waals surface area contributed by atoms with Gasteiger partial charge in [-0.15, -0.1) is 0 Å². The first kappa shape index (κ1) is 14.1. The Bertz CT molecular complexity index is 320. The van der Waals surface area contributed by atoms with E-state index in [9.17, 15) is 9.59 Å². The average Bonchev–Trinajstić information content (AvgIpc) is 2.23. The maximum atomic E-state index is 11.6. The van der Waals surface area contributed by atoms with Crippen LogP contribution < -0.4 is 11.1 Å². The van der Waals surface area contributed by atoms with Crippen molar-refractivity contribution >= 4 is 29.0 Å². The molecule has 0 spiro atoms. The number of carbonyl (C=O) groups excluding carboxylic acids is 2. The van der Waals surface area contributed by atoms with Gasteiger partial charge in [0.25, 0.3) is 0 Å². The lowest BCUT2D eigenvalue weighted by atomic mass is 10.1. The highest BCUT2D eigenvalue weighted by Gasteiger charge is 2.31. The molecular formula is C11H19N3O2S. The van der Waals surface area contributed by atoms with Crippen LogP contribution in [0.25, 0.3) is 0 Å². The molecule has 1 unspecified atom stereocenters. The van der Waals surface area contributed by atoms with E-state index >= 15 is 0 Å². The number of nitrogens with two attached hydrogens (primary N) is 1. The topological polar surface area (TPSA) is 75.4 Å². The highest BCUT2D eigenvalue weighted by molar-refractivity contribution is 7.80. The molecule has 0 aromatic heterocycles. The lowest BCUT2D eigenvalue weighted by Crippen LogP contribution is -2.57. The number of nitrogens with one attached hydrogen (secondary N) is 1. The van der Waals surface area contributed by atoms with Gasteiger partial charge in [-0.25, -0.2) is 0 Å². The van der Waals surface area contributed by atoms with Gasteiger partial charge in [-0.3, -0.25) is 19.8 Å². The van der Waals surface area contributed by atoms with Gasteiger partial charge >= 0.3 is 0 Å². The quantitative estimate of drug-likeness (QED) is 0.403. The lowest BCUT2D eigenvalue weighted by molar-refractivity contribution is -0.140. The Kier molecular flexibility index (Phi) is 5.50. The van der Waals surface area contributed by atoms with Crippen molar-refractivity contribution < 1.29 is 9.59 Å². The third-order valence-corrected chi connectivity index (χ3v) is 3.06. The van der Waals surface area contributed by atoms with E-state index in [4.69, 9.17) is 18.0 Å². The third kappa shape index (κ3) is 4.40. The average molecular weight is 257 g/mol. The van der Waals surface area contributed by atoms with Crippen molar-refractivity contribution in [3.63, 3.8) is 0 Å². The van der Waals surface area contributed by atoms with Gasteiger partial charge in [0, 0.05) is 0 Å². The largest absolute Gasteiger partial charge is 0.393 e. The van der Waals surface area contributed by atoms with E-state index < -0.39 is 0 Å². The monoisotopic (exact) mass is 257 g/mol. The van der Waals surface area contributed by atoms with Crippen LogP contribution in [-0.4, -0.2) is 40.8 Å². The second kappa shape index (κ2) is 6.66. The first-order chi connectivity index (χ1) is 8.04. The van der Waals surface area contributed by atoms with Crippen molar-refractivity contribution in [2.45, 2.75) is 38.6 Å². The van der Waals surface area contributed by atoms with Gasteiger partial charge in [-0.1, -0.05) is 19.1 Å². The number of thiocarbonyl (C=S) groups is 1. The molecule has 6 heteroatoms. The van der Waals surface area contributed by atoms with Gasteiger partial charge in [0.05, 0.1) is 17.6 Å². The maximum absolute atomic E-state index is 11.6. The van der Waals surface area contributed by atoms with Crippen LogP contribution in [0.4, 0.5) is 0 Å². The predicted octanol–water partition coefficient (Wildman–Crippen LogP) is 0.180. The second-order valence-electron chi connectivity index (χ2n) is 4.23. The van der Waals surface area contributed by atoms with Crippen LogP contribution in [0.15, 0.2) is 0 Å². The van der Waals surface area contributed by atoms with E-state index in [2.05, 4.69) is 5.32 Å². The maximum Gasteiger partial charge on any atom is 0.243 e. The molecule has 1 aliphatic heterocycles. The van der Waals surface area contributed by atoms with Gasteiger partial charge in [0.15, 0.2) is 0 Å². The molecule has 0 bridgehead atoms. The van der Waals surface area contributed by atoms with Gasteiger partial charge in [-0.05, 0) is 32.2 Å². The number of carbonyl (C=O) groups is 2. The lowest BCUT2D eigenvalue weighted by Gasteiger charge is -2.33. The number of hydrogen-bond donors (Lipinski definition) is 2. The molecule has 5 nitrogen and oxygen atoms in total. The van der Waals surface area contributed by atoms with E-state index in [0.717, 1.165) is 25.8 Å². The first-order valence-electron chi connectivity index (χ1n) is 5.90.